The van der Waals surface area contributed by atoms with Crippen LogP contribution in [-0.2, 0) is 17.8 Å². The minimum absolute atomic E-state index is 0.0180. The highest BCUT2D eigenvalue weighted by Crippen LogP contribution is 2.15. The zero-order valence-corrected chi connectivity index (χ0v) is 16.3. The highest BCUT2D eigenvalue weighted by Gasteiger charge is 2.13. The van der Waals surface area contributed by atoms with E-state index in [-0.39, 0.29) is 11.4 Å². The number of carbonyl (C=O) groups is 1. The summed E-state index contributed by atoms with van der Waals surface area (Å²) in [5.74, 6) is -0.344. The van der Waals surface area contributed by atoms with E-state index < -0.39 is 0 Å². The summed E-state index contributed by atoms with van der Waals surface area (Å²) in [5, 5.41) is 0.609. The van der Waals surface area contributed by atoms with Crippen molar-refractivity contribution in [1.29, 1.82) is 0 Å². The number of hydrogen-bond acceptors (Lipinski definition) is 5. The summed E-state index contributed by atoms with van der Waals surface area (Å²) < 4.78 is 10.4. The molecule has 0 aliphatic carbocycles. The summed E-state index contributed by atoms with van der Waals surface area (Å²) in [5.41, 5.74) is 2.88. The molecule has 1 aromatic heterocycles. The molecule has 0 aliphatic rings. The second-order valence-electron chi connectivity index (χ2n) is 6.84. The SMILES string of the molecule is CCCCN(Cc1ccc(C(=O)OC)cc1)Cc1coc2ccccc2c1=O. The molecule has 3 rings (SSSR count). The number of benzene rings is 2. The van der Waals surface area contributed by atoms with E-state index in [1.165, 1.54) is 7.11 Å². The molecule has 0 atom stereocenters. The Kier molecular flexibility index (Phi) is 6.61. The first-order valence-electron chi connectivity index (χ1n) is 9.51. The average molecular weight is 379 g/mol. The van der Waals surface area contributed by atoms with Gasteiger partial charge >= 0.3 is 5.97 Å². The standard InChI is InChI=1S/C23H25NO4/c1-3-4-13-24(14-17-9-11-18(12-10-17)23(26)27-2)15-19-16-28-21-8-6-5-7-20(21)22(19)25/h5-12,16H,3-4,13-15H2,1-2H3. The molecular weight excluding hydrogens is 354 g/mol. The van der Waals surface area contributed by atoms with Crippen molar-refractivity contribution in [3.63, 3.8) is 0 Å². The summed E-state index contributed by atoms with van der Waals surface area (Å²) in [6.07, 6.45) is 3.69. The molecule has 0 saturated heterocycles. The predicted octanol–water partition coefficient (Wildman–Crippen LogP) is 4.38. The van der Waals surface area contributed by atoms with Gasteiger partial charge in [0.2, 0.25) is 0 Å². The highest BCUT2D eigenvalue weighted by atomic mass is 16.5. The van der Waals surface area contributed by atoms with Gasteiger partial charge in [-0.2, -0.15) is 0 Å². The van der Waals surface area contributed by atoms with Gasteiger partial charge in [0.05, 0.1) is 24.3 Å². The van der Waals surface area contributed by atoms with Crippen LogP contribution in [0.25, 0.3) is 11.0 Å². The van der Waals surface area contributed by atoms with Gasteiger partial charge in [0, 0.05) is 18.7 Å². The summed E-state index contributed by atoms with van der Waals surface area (Å²) in [6, 6.07) is 14.7. The topological polar surface area (TPSA) is 59.8 Å². The molecule has 3 aromatic rings. The Bertz CT molecular complexity index is 991. The van der Waals surface area contributed by atoms with Crippen LogP contribution in [0.3, 0.4) is 0 Å². The van der Waals surface area contributed by atoms with E-state index in [1.54, 1.807) is 30.5 Å². The third-order valence-electron chi connectivity index (χ3n) is 4.75. The zero-order valence-electron chi connectivity index (χ0n) is 16.3. The zero-order chi connectivity index (χ0) is 19.9. The maximum absolute atomic E-state index is 12.8. The molecule has 0 N–H and O–H groups in total. The van der Waals surface area contributed by atoms with Crippen LogP contribution in [0.5, 0.6) is 0 Å². The first kappa shape index (κ1) is 19.8. The third-order valence-corrected chi connectivity index (χ3v) is 4.75. The lowest BCUT2D eigenvalue weighted by Gasteiger charge is -2.22. The van der Waals surface area contributed by atoms with Crippen molar-refractivity contribution in [1.82, 2.24) is 4.90 Å². The number of rotatable bonds is 8. The van der Waals surface area contributed by atoms with Gasteiger partial charge in [-0.25, -0.2) is 4.79 Å². The van der Waals surface area contributed by atoms with Crippen molar-refractivity contribution in [2.45, 2.75) is 32.9 Å². The number of fused-ring (bicyclic) bond motifs is 1. The Balaban J connectivity index is 1.80. The molecule has 0 aliphatic heterocycles. The molecule has 0 fully saturated rings. The number of carbonyl (C=O) groups excluding carboxylic acids is 1. The molecule has 0 saturated carbocycles. The summed E-state index contributed by atoms with van der Waals surface area (Å²) >= 11 is 0. The molecule has 0 bridgehead atoms. The maximum atomic E-state index is 12.8. The first-order chi connectivity index (χ1) is 13.6. The van der Waals surface area contributed by atoms with Crippen LogP contribution in [0, 0.1) is 0 Å². The fourth-order valence-electron chi connectivity index (χ4n) is 3.19. The molecule has 2 aromatic carbocycles. The van der Waals surface area contributed by atoms with Crippen LogP contribution in [0.4, 0.5) is 0 Å². The lowest BCUT2D eigenvalue weighted by Crippen LogP contribution is -2.27. The van der Waals surface area contributed by atoms with Gasteiger partial charge in [0.25, 0.3) is 0 Å². The van der Waals surface area contributed by atoms with E-state index in [4.69, 9.17) is 9.15 Å². The smallest absolute Gasteiger partial charge is 0.337 e. The Hall–Kier alpha value is -2.92. The number of nitrogens with zero attached hydrogens (tertiary/aromatic N) is 1. The molecule has 146 valence electrons. The normalized spacial score (nSPS) is 11.1. The number of para-hydroxylation sites is 1. The fraction of sp³-hybridized carbons (Fsp3) is 0.304. The van der Waals surface area contributed by atoms with Crippen LogP contribution < -0.4 is 5.43 Å². The molecular formula is C23H25NO4. The van der Waals surface area contributed by atoms with Gasteiger partial charge in [-0.3, -0.25) is 9.69 Å². The van der Waals surface area contributed by atoms with Crippen LogP contribution in [0.15, 0.2) is 64.0 Å². The van der Waals surface area contributed by atoms with Gasteiger partial charge in [-0.1, -0.05) is 37.6 Å². The van der Waals surface area contributed by atoms with Gasteiger partial charge in [-0.15, -0.1) is 0 Å². The maximum Gasteiger partial charge on any atom is 0.337 e. The van der Waals surface area contributed by atoms with Gasteiger partial charge in [-0.05, 0) is 42.8 Å². The molecule has 0 radical (unpaired) electrons. The third kappa shape index (κ3) is 4.67. The summed E-state index contributed by atoms with van der Waals surface area (Å²) in [7, 11) is 1.37. The monoisotopic (exact) mass is 379 g/mol. The molecule has 5 nitrogen and oxygen atoms in total. The second-order valence-corrected chi connectivity index (χ2v) is 6.84. The van der Waals surface area contributed by atoms with E-state index in [0.29, 0.717) is 35.2 Å². The molecule has 0 amide bonds. The summed E-state index contributed by atoms with van der Waals surface area (Å²) in [6.45, 7) is 4.23. The van der Waals surface area contributed by atoms with Crippen molar-refractivity contribution < 1.29 is 13.9 Å². The number of hydrogen-bond donors (Lipinski definition) is 0. The van der Waals surface area contributed by atoms with Crippen molar-refractivity contribution in [3.05, 3.63) is 81.7 Å². The Morgan fingerprint density at radius 2 is 1.82 bits per heavy atom. The number of unbranched alkanes of at least 4 members (excludes halogenated alkanes) is 1. The minimum atomic E-state index is -0.344. The minimum Gasteiger partial charge on any atom is -0.465 e. The van der Waals surface area contributed by atoms with Crippen molar-refractivity contribution in [2.75, 3.05) is 13.7 Å². The average Bonchev–Trinajstić information content (AvgIpc) is 2.74. The first-order valence-corrected chi connectivity index (χ1v) is 9.51. The van der Waals surface area contributed by atoms with E-state index in [2.05, 4.69) is 11.8 Å². The van der Waals surface area contributed by atoms with Crippen molar-refractivity contribution in [2.24, 2.45) is 0 Å². The highest BCUT2D eigenvalue weighted by molar-refractivity contribution is 5.89. The largest absolute Gasteiger partial charge is 0.465 e. The van der Waals surface area contributed by atoms with E-state index in [1.807, 2.05) is 24.3 Å². The molecule has 0 unspecified atom stereocenters. The molecule has 1 heterocycles. The van der Waals surface area contributed by atoms with Crippen LogP contribution >= 0.6 is 0 Å². The van der Waals surface area contributed by atoms with E-state index in [9.17, 15) is 9.59 Å². The Morgan fingerprint density at radius 1 is 1.07 bits per heavy atom. The number of methoxy groups -OCH3 is 1. The lowest BCUT2D eigenvalue weighted by atomic mass is 10.1. The van der Waals surface area contributed by atoms with Crippen molar-refractivity contribution in [3.8, 4) is 0 Å². The lowest BCUT2D eigenvalue weighted by molar-refractivity contribution is 0.0600. The Labute approximate surface area is 164 Å². The Morgan fingerprint density at radius 3 is 2.54 bits per heavy atom. The van der Waals surface area contributed by atoms with E-state index >= 15 is 0 Å². The van der Waals surface area contributed by atoms with Crippen LogP contribution in [-0.4, -0.2) is 24.5 Å². The van der Waals surface area contributed by atoms with Crippen molar-refractivity contribution >= 4 is 16.9 Å². The predicted molar refractivity (Wildman–Crippen MR) is 109 cm³/mol. The fourth-order valence-corrected chi connectivity index (χ4v) is 3.19. The van der Waals surface area contributed by atoms with Crippen LogP contribution in [0.1, 0.15) is 41.3 Å². The number of esters is 1. The molecule has 0 spiro atoms. The van der Waals surface area contributed by atoms with Crippen LogP contribution in [0.2, 0.25) is 0 Å². The summed E-state index contributed by atoms with van der Waals surface area (Å²) in [4.78, 5) is 26.6. The van der Waals surface area contributed by atoms with Gasteiger partial charge in [0.15, 0.2) is 5.43 Å². The quantitative estimate of drug-likeness (QED) is 0.544. The number of ether oxygens (including phenoxy) is 1. The molecule has 28 heavy (non-hydrogen) atoms. The second kappa shape index (κ2) is 9.33. The molecule has 5 heteroatoms. The van der Waals surface area contributed by atoms with Gasteiger partial charge < -0.3 is 9.15 Å². The van der Waals surface area contributed by atoms with E-state index in [0.717, 1.165) is 24.9 Å². The van der Waals surface area contributed by atoms with Gasteiger partial charge in [0.1, 0.15) is 5.58 Å².